The summed E-state index contributed by atoms with van der Waals surface area (Å²) < 4.78 is 5.76. The van der Waals surface area contributed by atoms with Crippen molar-refractivity contribution >= 4 is 11.8 Å². The van der Waals surface area contributed by atoms with E-state index in [0.717, 1.165) is 43.6 Å². The maximum Gasteiger partial charge on any atom is 0.270 e. The minimum atomic E-state index is 0.0924. The Morgan fingerprint density at radius 2 is 1.74 bits per heavy atom. The second-order valence-electron chi connectivity index (χ2n) is 8.92. The van der Waals surface area contributed by atoms with Crippen LogP contribution in [-0.4, -0.2) is 65.0 Å². The number of nitrogens with zero attached hydrogens (tertiary/aromatic N) is 2. The number of hydrogen-bond acceptors (Lipinski definition) is 3. The Morgan fingerprint density at radius 3 is 2.30 bits per heavy atom. The molecule has 2 amide bonds. The SMILES string of the molecule is Cc1cc(C)c(C(=O)N2CCC3(CC2)CC3C(=O)N2C[C@@H](C)O[C@@H](C)C2)[nH]1. The summed E-state index contributed by atoms with van der Waals surface area (Å²) in [7, 11) is 0. The van der Waals surface area contributed by atoms with E-state index in [1.165, 1.54) is 0 Å². The molecule has 3 aliphatic rings. The summed E-state index contributed by atoms with van der Waals surface area (Å²) in [5.41, 5.74) is 2.86. The Morgan fingerprint density at radius 1 is 1.11 bits per heavy atom. The summed E-state index contributed by atoms with van der Waals surface area (Å²) in [6.45, 7) is 10.9. The molecule has 0 radical (unpaired) electrons. The van der Waals surface area contributed by atoms with Crippen molar-refractivity contribution in [1.29, 1.82) is 0 Å². The summed E-state index contributed by atoms with van der Waals surface area (Å²) in [6, 6.07) is 2.01. The van der Waals surface area contributed by atoms with Gasteiger partial charge in [-0.3, -0.25) is 9.59 Å². The monoisotopic (exact) mass is 373 g/mol. The summed E-state index contributed by atoms with van der Waals surface area (Å²) in [5, 5.41) is 0. The Labute approximate surface area is 161 Å². The van der Waals surface area contributed by atoms with Crippen molar-refractivity contribution in [3.05, 3.63) is 23.0 Å². The largest absolute Gasteiger partial charge is 0.372 e. The minimum Gasteiger partial charge on any atom is -0.372 e. The molecule has 148 valence electrons. The molecule has 1 N–H and O–H groups in total. The summed E-state index contributed by atoms with van der Waals surface area (Å²) in [6.07, 6.45) is 3.07. The molecule has 6 heteroatoms. The number of amides is 2. The van der Waals surface area contributed by atoms with Crippen LogP contribution in [0.25, 0.3) is 0 Å². The molecule has 1 aromatic heterocycles. The van der Waals surface area contributed by atoms with Gasteiger partial charge in [0.05, 0.1) is 12.2 Å². The molecular formula is C21H31N3O3. The number of likely N-dealkylation sites (tertiary alicyclic amines) is 1. The van der Waals surface area contributed by atoms with Crippen LogP contribution in [-0.2, 0) is 9.53 Å². The molecule has 2 saturated heterocycles. The number of H-pyrrole nitrogens is 1. The van der Waals surface area contributed by atoms with E-state index in [-0.39, 0.29) is 29.4 Å². The van der Waals surface area contributed by atoms with Gasteiger partial charge in [0, 0.05) is 37.8 Å². The van der Waals surface area contributed by atoms with Gasteiger partial charge >= 0.3 is 0 Å². The Kier molecular flexibility index (Phi) is 4.57. The van der Waals surface area contributed by atoms with E-state index < -0.39 is 0 Å². The lowest BCUT2D eigenvalue weighted by atomic mass is 9.90. The van der Waals surface area contributed by atoms with E-state index in [2.05, 4.69) is 4.98 Å². The quantitative estimate of drug-likeness (QED) is 0.866. The van der Waals surface area contributed by atoms with Crippen molar-refractivity contribution in [3.63, 3.8) is 0 Å². The summed E-state index contributed by atoms with van der Waals surface area (Å²) >= 11 is 0. The van der Waals surface area contributed by atoms with E-state index in [4.69, 9.17) is 4.74 Å². The molecule has 1 aromatic rings. The Hall–Kier alpha value is -1.82. The molecule has 1 saturated carbocycles. The molecule has 4 rings (SSSR count). The fraction of sp³-hybridized carbons (Fsp3) is 0.714. The van der Waals surface area contributed by atoms with Gasteiger partial charge in [0.2, 0.25) is 5.91 Å². The third-order valence-corrected chi connectivity index (χ3v) is 6.63. The maximum absolute atomic E-state index is 13.0. The standard InChI is InChI=1S/C21H31N3O3/c1-13-9-14(2)22-18(13)20(26)23-7-5-21(6-8-23)10-17(21)19(25)24-11-15(3)27-16(4)12-24/h9,15-17,22H,5-8,10-12H2,1-4H3/t15-,16+,17?. The maximum atomic E-state index is 13.0. The minimum absolute atomic E-state index is 0.0924. The van der Waals surface area contributed by atoms with Gasteiger partial charge in [0.1, 0.15) is 5.69 Å². The van der Waals surface area contributed by atoms with Gasteiger partial charge in [0.15, 0.2) is 0 Å². The third kappa shape index (κ3) is 3.40. The molecule has 0 aromatic carbocycles. The van der Waals surface area contributed by atoms with Gasteiger partial charge in [-0.15, -0.1) is 0 Å². The van der Waals surface area contributed by atoms with Crippen molar-refractivity contribution in [2.24, 2.45) is 11.3 Å². The van der Waals surface area contributed by atoms with E-state index in [1.807, 2.05) is 43.6 Å². The highest BCUT2D eigenvalue weighted by Gasteiger charge is 2.59. The number of rotatable bonds is 2. The lowest BCUT2D eigenvalue weighted by molar-refractivity contribution is -0.145. The third-order valence-electron chi connectivity index (χ3n) is 6.63. The molecule has 3 heterocycles. The number of carbonyl (C=O) groups excluding carboxylic acids is 2. The van der Waals surface area contributed by atoms with Crippen molar-refractivity contribution in [1.82, 2.24) is 14.8 Å². The lowest BCUT2D eigenvalue weighted by Crippen LogP contribution is -2.49. The molecule has 1 aliphatic carbocycles. The predicted octanol–water partition coefficient (Wildman–Crippen LogP) is 2.51. The number of aromatic nitrogens is 1. The molecule has 6 nitrogen and oxygen atoms in total. The second kappa shape index (κ2) is 6.66. The van der Waals surface area contributed by atoms with Crippen LogP contribution in [0.15, 0.2) is 6.07 Å². The van der Waals surface area contributed by atoms with Gasteiger partial charge in [-0.25, -0.2) is 0 Å². The first-order chi connectivity index (χ1) is 12.8. The number of nitrogens with one attached hydrogen (secondary N) is 1. The zero-order valence-electron chi connectivity index (χ0n) is 16.9. The fourth-order valence-electron chi connectivity index (χ4n) is 5.09. The molecule has 27 heavy (non-hydrogen) atoms. The summed E-state index contributed by atoms with van der Waals surface area (Å²) in [5.74, 6) is 0.532. The van der Waals surface area contributed by atoms with Crippen LogP contribution in [0.4, 0.5) is 0 Å². The Bertz CT molecular complexity index is 738. The zero-order valence-corrected chi connectivity index (χ0v) is 16.9. The highest BCUT2D eigenvalue weighted by Crippen LogP contribution is 2.60. The highest BCUT2D eigenvalue weighted by atomic mass is 16.5. The van der Waals surface area contributed by atoms with Gasteiger partial charge in [0.25, 0.3) is 5.91 Å². The van der Waals surface area contributed by atoms with Crippen LogP contribution in [0.1, 0.15) is 54.9 Å². The van der Waals surface area contributed by atoms with E-state index in [1.54, 1.807) is 0 Å². The smallest absolute Gasteiger partial charge is 0.270 e. The first-order valence-corrected chi connectivity index (χ1v) is 10.2. The lowest BCUT2D eigenvalue weighted by Gasteiger charge is -2.37. The van der Waals surface area contributed by atoms with Gasteiger partial charge < -0.3 is 19.5 Å². The highest BCUT2D eigenvalue weighted by molar-refractivity contribution is 5.94. The zero-order chi connectivity index (χ0) is 19.3. The second-order valence-corrected chi connectivity index (χ2v) is 8.92. The molecule has 1 spiro atoms. The average molecular weight is 373 g/mol. The number of hydrogen-bond donors (Lipinski definition) is 1. The van der Waals surface area contributed by atoms with Gasteiger partial charge in [-0.1, -0.05) is 0 Å². The van der Waals surface area contributed by atoms with Crippen LogP contribution in [0, 0.1) is 25.2 Å². The number of morpholine rings is 1. The van der Waals surface area contributed by atoms with Crippen molar-refractivity contribution in [2.75, 3.05) is 26.2 Å². The molecule has 2 aliphatic heterocycles. The van der Waals surface area contributed by atoms with Crippen molar-refractivity contribution in [2.45, 2.75) is 59.2 Å². The van der Waals surface area contributed by atoms with Crippen LogP contribution < -0.4 is 0 Å². The molecule has 1 unspecified atom stereocenters. The normalized spacial score (nSPS) is 29.9. The van der Waals surface area contributed by atoms with Crippen molar-refractivity contribution in [3.8, 4) is 0 Å². The molecular weight excluding hydrogens is 342 g/mol. The summed E-state index contributed by atoms with van der Waals surface area (Å²) in [4.78, 5) is 32.9. The van der Waals surface area contributed by atoms with E-state index in [9.17, 15) is 9.59 Å². The number of aromatic amines is 1. The number of ether oxygens (including phenoxy) is 1. The Balaban J connectivity index is 1.35. The topological polar surface area (TPSA) is 65.6 Å². The number of piperidine rings is 1. The first-order valence-electron chi connectivity index (χ1n) is 10.2. The molecule has 0 bridgehead atoms. The van der Waals surface area contributed by atoms with Crippen molar-refractivity contribution < 1.29 is 14.3 Å². The van der Waals surface area contributed by atoms with Gasteiger partial charge in [-0.2, -0.15) is 0 Å². The van der Waals surface area contributed by atoms with Crippen LogP contribution in [0.3, 0.4) is 0 Å². The van der Waals surface area contributed by atoms with E-state index >= 15 is 0 Å². The van der Waals surface area contributed by atoms with Gasteiger partial charge in [-0.05, 0) is 64.0 Å². The van der Waals surface area contributed by atoms with Crippen LogP contribution in [0.5, 0.6) is 0 Å². The average Bonchev–Trinajstić information content (AvgIpc) is 3.19. The number of carbonyl (C=O) groups is 2. The molecule has 3 atom stereocenters. The first kappa shape index (κ1) is 18.5. The number of aryl methyl sites for hydroxylation is 2. The van der Waals surface area contributed by atoms with Crippen LogP contribution >= 0.6 is 0 Å². The van der Waals surface area contributed by atoms with Crippen LogP contribution in [0.2, 0.25) is 0 Å². The predicted molar refractivity (Wildman–Crippen MR) is 103 cm³/mol. The molecule has 3 fully saturated rings. The van der Waals surface area contributed by atoms with E-state index in [0.29, 0.717) is 24.7 Å². The fourth-order valence-corrected chi connectivity index (χ4v) is 5.09.